The van der Waals surface area contributed by atoms with Gasteiger partial charge in [0.1, 0.15) is 0 Å². The number of H-pyrrole nitrogens is 1. The minimum atomic E-state index is -0.0184. The first-order chi connectivity index (χ1) is 8.59. The van der Waals surface area contributed by atoms with Crippen LogP contribution >= 0.6 is 0 Å². The Kier molecular flexibility index (Phi) is 2.44. The molecule has 3 rings (SSSR count). The highest BCUT2D eigenvalue weighted by Crippen LogP contribution is 2.31. The number of nitrogens with zero attached hydrogens (tertiary/aromatic N) is 1. The SMILES string of the molecule is CC1(C)CCCN1C(=O)c1c[nH]c2ccccc12. The van der Waals surface area contributed by atoms with E-state index in [2.05, 4.69) is 18.8 Å². The maximum Gasteiger partial charge on any atom is 0.256 e. The van der Waals surface area contributed by atoms with Crippen molar-refractivity contribution in [3.8, 4) is 0 Å². The number of fused-ring (bicyclic) bond motifs is 1. The van der Waals surface area contributed by atoms with Crippen LogP contribution in [0.3, 0.4) is 0 Å². The number of aromatic amines is 1. The summed E-state index contributed by atoms with van der Waals surface area (Å²) in [5.41, 5.74) is 1.80. The van der Waals surface area contributed by atoms with E-state index in [0.29, 0.717) is 0 Å². The molecule has 1 aliphatic rings. The normalized spacial score (nSPS) is 18.4. The average molecular weight is 242 g/mol. The molecule has 3 nitrogen and oxygen atoms in total. The molecule has 1 aromatic heterocycles. The van der Waals surface area contributed by atoms with Crippen molar-refractivity contribution in [3.63, 3.8) is 0 Å². The first kappa shape index (κ1) is 11.3. The highest BCUT2D eigenvalue weighted by Gasteiger charge is 2.36. The van der Waals surface area contributed by atoms with Crippen molar-refractivity contribution < 1.29 is 4.79 Å². The second kappa shape index (κ2) is 3.87. The quantitative estimate of drug-likeness (QED) is 0.819. The lowest BCUT2D eigenvalue weighted by atomic mass is 10.0. The molecular formula is C15H18N2O. The number of amides is 1. The van der Waals surface area contributed by atoms with Gasteiger partial charge in [-0.3, -0.25) is 4.79 Å². The van der Waals surface area contributed by atoms with Gasteiger partial charge < -0.3 is 9.88 Å². The van der Waals surface area contributed by atoms with Gasteiger partial charge in [-0.1, -0.05) is 18.2 Å². The third-order valence-electron chi connectivity index (χ3n) is 3.97. The van der Waals surface area contributed by atoms with Crippen molar-refractivity contribution in [1.82, 2.24) is 9.88 Å². The third kappa shape index (κ3) is 1.62. The number of benzene rings is 1. The maximum absolute atomic E-state index is 12.6. The van der Waals surface area contributed by atoms with Gasteiger partial charge in [0, 0.05) is 29.2 Å². The van der Waals surface area contributed by atoms with Crippen molar-refractivity contribution in [1.29, 1.82) is 0 Å². The summed E-state index contributed by atoms with van der Waals surface area (Å²) >= 11 is 0. The Morgan fingerprint density at radius 3 is 2.83 bits per heavy atom. The van der Waals surface area contributed by atoms with E-state index in [-0.39, 0.29) is 11.4 Å². The first-order valence-corrected chi connectivity index (χ1v) is 6.48. The standard InChI is InChI=1S/C15H18N2O/c1-15(2)8-5-9-17(15)14(18)12-10-16-13-7-4-3-6-11(12)13/h3-4,6-7,10,16H,5,8-9H2,1-2H3. The van der Waals surface area contributed by atoms with Crippen molar-refractivity contribution in [2.24, 2.45) is 0 Å². The zero-order chi connectivity index (χ0) is 12.8. The number of hydrogen-bond acceptors (Lipinski definition) is 1. The summed E-state index contributed by atoms with van der Waals surface area (Å²) in [6.45, 7) is 5.16. The minimum absolute atomic E-state index is 0.0184. The topological polar surface area (TPSA) is 36.1 Å². The van der Waals surface area contributed by atoms with Crippen LogP contribution in [0.15, 0.2) is 30.5 Å². The number of rotatable bonds is 1. The molecule has 0 aliphatic carbocycles. The minimum Gasteiger partial charge on any atom is -0.360 e. The molecule has 1 amide bonds. The van der Waals surface area contributed by atoms with Crippen LogP contribution in [0.2, 0.25) is 0 Å². The molecule has 0 atom stereocenters. The summed E-state index contributed by atoms with van der Waals surface area (Å²) < 4.78 is 0. The zero-order valence-electron chi connectivity index (χ0n) is 10.9. The molecule has 2 heterocycles. The molecule has 2 aromatic rings. The molecule has 0 spiro atoms. The summed E-state index contributed by atoms with van der Waals surface area (Å²) in [5.74, 6) is 0.148. The van der Waals surface area contributed by atoms with Crippen LogP contribution in [0.1, 0.15) is 37.0 Å². The van der Waals surface area contributed by atoms with Crippen LogP contribution in [0, 0.1) is 0 Å². The van der Waals surface area contributed by atoms with Crippen molar-refractivity contribution >= 4 is 16.8 Å². The number of likely N-dealkylation sites (tertiary alicyclic amines) is 1. The van der Waals surface area contributed by atoms with E-state index in [4.69, 9.17) is 0 Å². The smallest absolute Gasteiger partial charge is 0.256 e. The number of para-hydroxylation sites is 1. The zero-order valence-corrected chi connectivity index (χ0v) is 10.9. The molecule has 1 N–H and O–H groups in total. The Morgan fingerprint density at radius 1 is 1.33 bits per heavy atom. The largest absolute Gasteiger partial charge is 0.360 e. The van der Waals surface area contributed by atoms with E-state index in [1.165, 1.54) is 0 Å². The average Bonchev–Trinajstić information content (AvgIpc) is 2.91. The van der Waals surface area contributed by atoms with E-state index in [1.807, 2.05) is 35.4 Å². The van der Waals surface area contributed by atoms with Crippen LogP contribution in [0.4, 0.5) is 0 Å². The highest BCUT2D eigenvalue weighted by molar-refractivity contribution is 6.07. The number of carbonyl (C=O) groups excluding carboxylic acids is 1. The predicted molar refractivity (Wildman–Crippen MR) is 72.6 cm³/mol. The van der Waals surface area contributed by atoms with Gasteiger partial charge >= 0.3 is 0 Å². The van der Waals surface area contributed by atoms with Gasteiger partial charge in [0.15, 0.2) is 0 Å². The fraction of sp³-hybridized carbons (Fsp3) is 0.400. The summed E-state index contributed by atoms with van der Waals surface area (Å²) in [7, 11) is 0. The summed E-state index contributed by atoms with van der Waals surface area (Å²) in [6, 6.07) is 7.96. The second-order valence-electron chi connectivity index (χ2n) is 5.62. The molecule has 94 valence electrons. The Morgan fingerprint density at radius 2 is 2.11 bits per heavy atom. The van der Waals surface area contributed by atoms with Gasteiger partial charge in [0.25, 0.3) is 5.91 Å². The molecule has 18 heavy (non-hydrogen) atoms. The van der Waals surface area contributed by atoms with Crippen LogP contribution in [-0.4, -0.2) is 27.9 Å². The predicted octanol–water partition coefficient (Wildman–Crippen LogP) is 3.18. The van der Waals surface area contributed by atoms with Crippen molar-refractivity contribution in [3.05, 3.63) is 36.0 Å². The van der Waals surface area contributed by atoms with Gasteiger partial charge in [-0.25, -0.2) is 0 Å². The Hall–Kier alpha value is -1.77. The van der Waals surface area contributed by atoms with Gasteiger partial charge in [0.2, 0.25) is 0 Å². The molecule has 1 saturated heterocycles. The van der Waals surface area contributed by atoms with E-state index >= 15 is 0 Å². The van der Waals surface area contributed by atoms with E-state index in [1.54, 1.807) is 0 Å². The van der Waals surface area contributed by atoms with Crippen molar-refractivity contribution in [2.45, 2.75) is 32.2 Å². The van der Waals surface area contributed by atoms with Gasteiger partial charge in [-0.2, -0.15) is 0 Å². The van der Waals surface area contributed by atoms with Gasteiger partial charge in [-0.05, 0) is 32.8 Å². The first-order valence-electron chi connectivity index (χ1n) is 6.48. The summed E-state index contributed by atoms with van der Waals surface area (Å²) in [6.07, 6.45) is 4.02. The van der Waals surface area contributed by atoms with E-state index in [9.17, 15) is 4.79 Å². The van der Waals surface area contributed by atoms with Gasteiger partial charge in [0.05, 0.1) is 5.56 Å². The van der Waals surface area contributed by atoms with E-state index < -0.39 is 0 Å². The number of aromatic nitrogens is 1. The van der Waals surface area contributed by atoms with Crippen LogP contribution in [0.25, 0.3) is 10.9 Å². The highest BCUT2D eigenvalue weighted by atomic mass is 16.2. The molecule has 0 radical (unpaired) electrons. The fourth-order valence-electron chi connectivity index (χ4n) is 2.88. The van der Waals surface area contributed by atoms with Crippen LogP contribution in [0.5, 0.6) is 0 Å². The van der Waals surface area contributed by atoms with E-state index in [0.717, 1.165) is 35.9 Å². The van der Waals surface area contributed by atoms with Crippen LogP contribution in [-0.2, 0) is 0 Å². The lowest BCUT2D eigenvalue weighted by Gasteiger charge is -2.31. The fourth-order valence-corrected chi connectivity index (χ4v) is 2.88. The number of carbonyl (C=O) groups is 1. The van der Waals surface area contributed by atoms with Crippen LogP contribution < -0.4 is 0 Å². The summed E-state index contributed by atoms with van der Waals surface area (Å²) in [4.78, 5) is 17.8. The maximum atomic E-state index is 12.6. The Labute approximate surface area is 107 Å². The molecule has 0 bridgehead atoms. The molecule has 1 fully saturated rings. The molecule has 0 saturated carbocycles. The second-order valence-corrected chi connectivity index (χ2v) is 5.62. The third-order valence-corrected chi connectivity index (χ3v) is 3.97. The molecule has 1 aliphatic heterocycles. The number of hydrogen-bond donors (Lipinski definition) is 1. The monoisotopic (exact) mass is 242 g/mol. The van der Waals surface area contributed by atoms with Crippen molar-refractivity contribution in [2.75, 3.05) is 6.54 Å². The summed E-state index contributed by atoms with van der Waals surface area (Å²) in [5, 5.41) is 1.02. The van der Waals surface area contributed by atoms with Gasteiger partial charge in [-0.15, -0.1) is 0 Å². The molecule has 3 heteroatoms. The lowest BCUT2D eigenvalue weighted by molar-refractivity contribution is 0.0654. The Balaban J connectivity index is 2.02. The molecule has 1 aromatic carbocycles. The number of nitrogens with one attached hydrogen (secondary N) is 1. The lowest BCUT2D eigenvalue weighted by Crippen LogP contribution is -2.42. The Bertz CT molecular complexity index is 597. The molecular weight excluding hydrogens is 224 g/mol. The molecule has 0 unspecified atom stereocenters.